The van der Waals surface area contributed by atoms with Crippen LogP contribution in [-0.4, -0.2) is 43.6 Å². The second kappa shape index (κ2) is 8.30. The maximum atomic E-state index is 13.6. The minimum atomic E-state index is 0.0598. The van der Waals surface area contributed by atoms with Crippen LogP contribution in [0.25, 0.3) is 22.2 Å². The van der Waals surface area contributed by atoms with Gasteiger partial charge < -0.3 is 15.2 Å². The number of hydrogen-bond acceptors (Lipinski definition) is 4. The monoisotopic (exact) mass is 480 g/mol. The van der Waals surface area contributed by atoms with Gasteiger partial charge in [0.2, 0.25) is 0 Å². The van der Waals surface area contributed by atoms with E-state index < -0.39 is 0 Å². The topological polar surface area (TPSA) is 78.8 Å². The highest BCUT2D eigenvalue weighted by Crippen LogP contribution is 2.37. The van der Waals surface area contributed by atoms with E-state index in [-0.39, 0.29) is 5.91 Å². The Balaban J connectivity index is 1.25. The number of aryl methyl sites for hydroxylation is 2. The number of nitrogens with zero attached hydrogens (tertiary/aromatic N) is 4. The lowest BCUT2D eigenvalue weighted by molar-refractivity contribution is 0.0726. The second-order valence-corrected chi connectivity index (χ2v) is 10.8. The van der Waals surface area contributed by atoms with Crippen molar-refractivity contribution in [1.82, 2.24) is 30.0 Å². The van der Waals surface area contributed by atoms with Gasteiger partial charge in [0.15, 0.2) is 5.69 Å². The first-order chi connectivity index (χ1) is 17.5. The summed E-state index contributed by atoms with van der Waals surface area (Å²) in [6, 6.07) is 7.73. The van der Waals surface area contributed by atoms with Crippen molar-refractivity contribution in [3.8, 4) is 11.1 Å². The van der Waals surface area contributed by atoms with Crippen molar-refractivity contribution in [1.29, 1.82) is 0 Å². The minimum Gasteiger partial charge on any atom is -0.346 e. The van der Waals surface area contributed by atoms with Gasteiger partial charge in [-0.1, -0.05) is 6.07 Å². The molecule has 7 nitrogen and oxygen atoms in total. The number of aromatic nitrogens is 4. The highest BCUT2D eigenvalue weighted by Gasteiger charge is 2.31. The number of carbonyl (C=O) groups excluding carboxylic acids is 1. The Kier molecular flexibility index (Phi) is 5.03. The quantitative estimate of drug-likeness (QED) is 0.431. The van der Waals surface area contributed by atoms with Crippen LogP contribution < -0.4 is 5.32 Å². The fourth-order valence-electron chi connectivity index (χ4n) is 5.96. The number of amides is 1. The first-order valence-corrected chi connectivity index (χ1v) is 13.2. The predicted octanol–water partition coefficient (Wildman–Crippen LogP) is 5.00. The average molecular weight is 481 g/mol. The summed E-state index contributed by atoms with van der Waals surface area (Å²) in [5.74, 6) is 0.0598. The number of fused-ring (bicyclic) bond motifs is 2. The van der Waals surface area contributed by atoms with Gasteiger partial charge in [0.1, 0.15) is 5.65 Å². The van der Waals surface area contributed by atoms with E-state index in [0.717, 1.165) is 55.5 Å². The molecule has 1 atom stereocenters. The van der Waals surface area contributed by atoms with E-state index >= 15 is 0 Å². The molecule has 36 heavy (non-hydrogen) atoms. The number of aromatic amines is 1. The molecule has 1 amide bonds. The van der Waals surface area contributed by atoms with Gasteiger partial charge in [-0.25, -0.2) is 4.98 Å². The Bertz CT molecular complexity index is 1490. The van der Waals surface area contributed by atoms with Crippen molar-refractivity contribution in [2.75, 3.05) is 13.1 Å². The van der Waals surface area contributed by atoms with Crippen LogP contribution in [0.1, 0.15) is 76.1 Å². The van der Waals surface area contributed by atoms with Crippen molar-refractivity contribution < 1.29 is 4.79 Å². The van der Waals surface area contributed by atoms with Gasteiger partial charge in [-0.2, -0.15) is 5.10 Å². The maximum absolute atomic E-state index is 13.6. The van der Waals surface area contributed by atoms with Gasteiger partial charge in [0, 0.05) is 54.2 Å². The lowest BCUT2D eigenvalue weighted by atomic mass is 9.87. The standard InChI is InChI=1S/C29H32N6O/c1-17-13-31-28-23(17)12-21(14-32-28)20-10-19-7-9-34(16-25(19)24(11-20)26-4-3-8-30-26)29(36)27-18(2)15-35(33-27)22-5-6-22/h10-15,22,26,30H,3-9,16H2,1-2H3,(H,31,32)/t26-/m0/s1. The Morgan fingerprint density at radius 1 is 1.08 bits per heavy atom. The van der Waals surface area contributed by atoms with E-state index in [1.54, 1.807) is 0 Å². The Hall–Kier alpha value is -3.45. The lowest BCUT2D eigenvalue weighted by Crippen LogP contribution is -2.37. The van der Waals surface area contributed by atoms with Gasteiger partial charge in [-0.15, -0.1) is 0 Å². The third kappa shape index (κ3) is 3.64. The van der Waals surface area contributed by atoms with Crippen LogP contribution in [0.5, 0.6) is 0 Å². The van der Waals surface area contributed by atoms with E-state index in [4.69, 9.17) is 0 Å². The van der Waals surface area contributed by atoms with E-state index in [2.05, 4.69) is 45.5 Å². The van der Waals surface area contributed by atoms with Crippen molar-refractivity contribution in [3.63, 3.8) is 0 Å². The summed E-state index contributed by atoms with van der Waals surface area (Å²) in [7, 11) is 0. The molecule has 7 rings (SSSR count). The molecular formula is C29H32N6O. The zero-order valence-corrected chi connectivity index (χ0v) is 21.0. The highest BCUT2D eigenvalue weighted by atomic mass is 16.2. The molecule has 2 N–H and O–H groups in total. The van der Waals surface area contributed by atoms with Crippen LogP contribution >= 0.6 is 0 Å². The number of nitrogens with one attached hydrogen (secondary N) is 2. The van der Waals surface area contributed by atoms with Gasteiger partial charge in [-0.3, -0.25) is 9.48 Å². The van der Waals surface area contributed by atoms with Crippen molar-refractivity contribution in [2.24, 2.45) is 0 Å². The van der Waals surface area contributed by atoms with Crippen molar-refractivity contribution in [2.45, 2.75) is 64.6 Å². The number of rotatable bonds is 4. The molecule has 1 saturated carbocycles. The average Bonchev–Trinajstić information content (AvgIpc) is 3.28. The Labute approximate surface area is 210 Å². The molecule has 2 aliphatic heterocycles. The molecule has 1 aromatic carbocycles. The van der Waals surface area contributed by atoms with E-state index in [9.17, 15) is 4.79 Å². The van der Waals surface area contributed by atoms with Crippen LogP contribution in [0.4, 0.5) is 0 Å². The van der Waals surface area contributed by atoms with Crippen LogP contribution in [-0.2, 0) is 13.0 Å². The molecule has 184 valence electrons. The van der Waals surface area contributed by atoms with Crippen molar-refractivity contribution in [3.05, 3.63) is 70.3 Å². The van der Waals surface area contributed by atoms with Gasteiger partial charge in [0.25, 0.3) is 5.91 Å². The number of H-pyrrole nitrogens is 1. The first-order valence-electron chi connectivity index (χ1n) is 13.2. The largest absolute Gasteiger partial charge is 0.346 e. The molecule has 0 radical (unpaired) electrons. The summed E-state index contributed by atoms with van der Waals surface area (Å²) in [6.45, 7) is 6.53. The lowest BCUT2D eigenvalue weighted by Gasteiger charge is -2.32. The van der Waals surface area contributed by atoms with E-state index in [0.29, 0.717) is 24.3 Å². The molecule has 1 aliphatic carbocycles. The smallest absolute Gasteiger partial charge is 0.274 e. The summed E-state index contributed by atoms with van der Waals surface area (Å²) >= 11 is 0. The number of hydrogen-bond donors (Lipinski definition) is 2. The SMILES string of the molecule is Cc1cn(C2CC2)nc1C(=O)N1CCc2cc(-c3cnc4[nH]cc(C)c4c3)cc([C@@H]3CCCN3)c2C1. The Morgan fingerprint density at radius 3 is 2.78 bits per heavy atom. The molecular weight excluding hydrogens is 448 g/mol. The third-order valence-corrected chi connectivity index (χ3v) is 8.21. The zero-order valence-electron chi connectivity index (χ0n) is 21.0. The molecule has 1 saturated heterocycles. The summed E-state index contributed by atoms with van der Waals surface area (Å²) in [5, 5.41) is 9.56. The van der Waals surface area contributed by atoms with Gasteiger partial charge in [-0.05, 0) is 92.4 Å². The minimum absolute atomic E-state index is 0.0598. The third-order valence-electron chi connectivity index (χ3n) is 8.21. The van der Waals surface area contributed by atoms with Crippen LogP contribution in [0.15, 0.2) is 36.8 Å². The molecule has 0 spiro atoms. The fraction of sp³-hybridized carbons (Fsp3) is 0.414. The van der Waals surface area contributed by atoms with Crippen LogP contribution in [0, 0.1) is 13.8 Å². The van der Waals surface area contributed by atoms with Crippen LogP contribution in [0.2, 0.25) is 0 Å². The summed E-state index contributed by atoms with van der Waals surface area (Å²) in [6.07, 6.45) is 11.5. The van der Waals surface area contributed by atoms with E-state index in [1.165, 1.54) is 39.6 Å². The highest BCUT2D eigenvalue weighted by molar-refractivity contribution is 5.94. The number of benzene rings is 1. The molecule has 0 unspecified atom stereocenters. The number of carbonyl (C=O) groups is 1. The first kappa shape index (κ1) is 21.8. The van der Waals surface area contributed by atoms with E-state index in [1.807, 2.05) is 35.1 Å². The zero-order chi connectivity index (χ0) is 24.4. The molecule has 0 bridgehead atoms. The molecule has 5 heterocycles. The summed E-state index contributed by atoms with van der Waals surface area (Å²) in [4.78, 5) is 23.5. The molecule has 7 heteroatoms. The fourth-order valence-corrected chi connectivity index (χ4v) is 5.96. The predicted molar refractivity (Wildman–Crippen MR) is 140 cm³/mol. The van der Waals surface area contributed by atoms with Crippen LogP contribution in [0.3, 0.4) is 0 Å². The molecule has 3 aromatic heterocycles. The van der Waals surface area contributed by atoms with Crippen molar-refractivity contribution >= 4 is 16.9 Å². The maximum Gasteiger partial charge on any atom is 0.274 e. The molecule has 4 aromatic rings. The second-order valence-electron chi connectivity index (χ2n) is 10.8. The molecule has 2 fully saturated rings. The normalized spacial score (nSPS) is 19.7. The summed E-state index contributed by atoms with van der Waals surface area (Å²) < 4.78 is 2.00. The van der Waals surface area contributed by atoms with Gasteiger partial charge in [0.05, 0.1) is 6.04 Å². The Morgan fingerprint density at radius 2 is 1.97 bits per heavy atom. The molecule has 3 aliphatic rings. The van der Waals surface area contributed by atoms with Gasteiger partial charge >= 0.3 is 0 Å². The number of pyridine rings is 1. The summed E-state index contributed by atoms with van der Waals surface area (Å²) in [5.41, 5.74) is 10.1.